The number of pyridine rings is 1. The molecule has 7 nitrogen and oxygen atoms in total. The molecular formula is C13H13BrN4O3. The van der Waals surface area contributed by atoms with Crippen LogP contribution >= 0.6 is 15.9 Å². The van der Waals surface area contributed by atoms with Crippen molar-refractivity contribution in [1.82, 2.24) is 9.55 Å². The van der Waals surface area contributed by atoms with E-state index in [4.69, 9.17) is 0 Å². The summed E-state index contributed by atoms with van der Waals surface area (Å²) >= 11 is 3.23. The van der Waals surface area contributed by atoms with E-state index in [2.05, 4.69) is 26.2 Å². The van der Waals surface area contributed by atoms with Crippen LogP contribution in [0.15, 0.2) is 35.2 Å². The molecule has 0 aliphatic rings. The van der Waals surface area contributed by atoms with E-state index in [1.165, 1.54) is 12.3 Å². The Morgan fingerprint density at radius 1 is 1.52 bits per heavy atom. The number of amides is 1. The van der Waals surface area contributed by atoms with Crippen LogP contribution in [-0.2, 0) is 0 Å². The number of aromatic nitrogens is 2. The van der Waals surface area contributed by atoms with Gasteiger partial charge in [-0.2, -0.15) is 0 Å². The molecule has 0 fully saturated rings. The van der Waals surface area contributed by atoms with Crippen molar-refractivity contribution in [3.05, 3.63) is 51.0 Å². The molecule has 0 bridgehead atoms. The van der Waals surface area contributed by atoms with Gasteiger partial charge in [0, 0.05) is 18.3 Å². The van der Waals surface area contributed by atoms with Crippen LogP contribution in [0, 0.1) is 10.1 Å². The van der Waals surface area contributed by atoms with Gasteiger partial charge in [-0.25, -0.2) is 4.98 Å². The highest BCUT2D eigenvalue weighted by Gasteiger charge is 2.21. The van der Waals surface area contributed by atoms with Crippen LogP contribution in [0.5, 0.6) is 0 Å². The summed E-state index contributed by atoms with van der Waals surface area (Å²) in [7, 11) is 0. The Hall–Kier alpha value is -2.22. The van der Waals surface area contributed by atoms with Gasteiger partial charge in [-0.1, -0.05) is 0 Å². The molecule has 0 unspecified atom stereocenters. The molecule has 0 aliphatic carbocycles. The van der Waals surface area contributed by atoms with Crippen LogP contribution in [0.2, 0.25) is 0 Å². The second-order valence-corrected chi connectivity index (χ2v) is 5.39. The lowest BCUT2D eigenvalue weighted by Gasteiger charge is -2.12. The number of carbonyl (C=O) groups excluding carboxylic acids is 1. The molecule has 0 radical (unpaired) electrons. The van der Waals surface area contributed by atoms with E-state index in [1.54, 1.807) is 22.9 Å². The molecule has 2 heterocycles. The maximum atomic E-state index is 12.3. The summed E-state index contributed by atoms with van der Waals surface area (Å²) in [6.07, 6.45) is 2.94. The summed E-state index contributed by atoms with van der Waals surface area (Å²) < 4.78 is 2.06. The van der Waals surface area contributed by atoms with Crippen molar-refractivity contribution in [1.29, 1.82) is 0 Å². The van der Waals surface area contributed by atoms with Gasteiger partial charge in [0.2, 0.25) is 0 Å². The largest absolute Gasteiger partial charge is 0.335 e. The number of anilines is 1. The number of hydrogen-bond donors (Lipinski definition) is 1. The SMILES string of the molecule is CC(C)n1cc([N+](=O)[O-])cc1C(=O)Nc1cccnc1Br. The molecule has 0 spiro atoms. The highest BCUT2D eigenvalue weighted by atomic mass is 79.9. The van der Waals surface area contributed by atoms with Gasteiger partial charge >= 0.3 is 0 Å². The van der Waals surface area contributed by atoms with Gasteiger partial charge in [0.25, 0.3) is 11.6 Å². The maximum absolute atomic E-state index is 12.3. The molecule has 110 valence electrons. The lowest BCUT2D eigenvalue weighted by Crippen LogP contribution is -2.18. The van der Waals surface area contributed by atoms with Crippen molar-refractivity contribution in [3.63, 3.8) is 0 Å². The molecule has 0 aliphatic heterocycles. The Kier molecular flexibility index (Phi) is 4.37. The Morgan fingerprint density at radius 2 is 2.24 bits per heavy atom. The first-order valence-electron chi connectivity index (χ1n) is 6.18. The maximum Gasteiger partial charge on any atom is 0.287 e. The molecule has 21 heavy (non-hydrogen) atoms. The highest BCUT2D eigenvalue weighted by molar-refractivity contribution is 9.10. The topological polar surface area (TPSA) is 90.1 Å². The van der Waals surface area contributed by atoms with E-state index >= 15 is 0 Å². The molecular weight excluding hydrogens is 340 g/mol. The van der Waals surface area contributed by atoms with Crippen molar-refractivity contribution in [2.24, 2.45) is 0 Å². The van der Waals surface area contributed by atoms with Gasteiger partial charge in [0.05, 0.1) is 16.8 Å². The Balaban J connectivity index is 2.35. The lowest BCUT2D eigenvalue weighted by atomic mass is 10.3. The Bertz CT molecular complexity index is 696. The van der Waals surface area contributed by atoms with E-state index in [0.717, 1.165) is 0 Å². The number of nitrogens with one attached hydrogen (secondary N) is 1. The van der Waals surface area contributed by atoms with E-state index < -0.39 is 10.8 Å². The summed E-state index contributed by atoms with van der Waals surface area (Å²) in [4.78, 5) is 26.7. The van der Waals surface area contributed by atoms with E-state index in [-0.39, 0.29) is 17.4 Å². The van der Waals surface area contributed by atoms with Gasteiger partial charge in [-0.05, 0) is 41.9 Å². The summed E-state index contributed by atoms with van der Waals surface area (Å²) in [6, 6.07) is 4.56. The fourth-order valence-electron chi connectivity index (χ4n) is 1.84. The van der Waals surface area contributed by atoms with Crippen molar-refractivity contribution in [2.75, 3.05) is 5.32 Å². The van der Waals surface area contributed by atoms with Gasteiger partial charge in [-0.15, -0.1) is 0 Å². The van der Waals surface area contributed by atoms with Crippen molar-refractivity contribution >= 4 is 33.2 Å². The minimum absolute atomic E-state index is 0.0724. The predicted octanol–water partition coefficient (Wildman–Crippen LogP) is 3.39. The third-order valence-electron chi connectivity index (χ3n) is 2.84. The minimum Gasteiger partial charge on any atom is -0.335 e. The molecule has 8 heteroatoms. The molecule has 1 N–H and O–H groups in total. The Morgan fingerprint density at radius 3 is 2.81 bits per heavy atom. The fraction of sp³-hybridized carbons (Fsp3) is 0.231. The van der Waals surface area contributed by atoms with Gasteiger partial charge < -0.3 is 9.88 Å². The summed E-state index contributed by atoms with van der Waals surface area (Å²) in [5.41, 5.74) is 0.619. The number of rotatable bonds is 4. The molecule has 2 rings (SSSR count). The smallest absolute Gasteiger partial charge is 0.287 e. The van der Waals surface area contributed by atoms with Crippen molar-refractivity contribution in [3.8, 4) is 0 Å². The zero-order chi connectivity index (χ0) is 15.6. The monoisotopic (exact) mass is 352 g/mol. The molecule has 2 aromatic rings. The van der Waals surface area contributed by atoms with Crippen LogP contribution in [0.1, 0.15) is 30.4 Å². The third kappa shape index (κ3) is 3.27. The minimum atomic E-state index is -0.518. The molecule has 0 saturated carbocycles. The predicted molar refractivity (Wildman–Crippen MR) is 81.4 cm³/mol. The normalized spacial score (nSPS) is 10.7. The molecule has 0 aromatic carbocycles. The average molecular weight is 353 g/mol. The fourth-order valence-corrected chi connectivity index (χ4v) is 2.19. The van der Waals surface area contributed by atoms with Gasteiger partial charge in [0.15, 0.2) is 0 Å². The first-order chi connectivity index (χ1) is 9.90. The number of nitrogens with zero attached hydrogens (tertiary/aromatic N) is 3. The number of halogens is 1. The van der Waals surface area contributed by atoms with Crippen LogP contribution in [-0.4, -0.2) is 20.4 Å². The first kappa shape index (κ1) is 15.2. The molecule has 0 saturated heterocycles. The number of carbonyl (C=O) groups is 1. The van der Waals surface area contributed by atoms with Crippen LogP contribution in [0.25, 0.3) is 0 Å². The van der Waals surface area contributed by atoms with Crippen LogP contribution in [0.4, 0.5) is 11.4 Å². The second kappa shape index (κ2) is 6.04. The molecule has 1 amide bonds. The zero-order valence-electron chi connectivity index (χ0n) is 11.4. The van der Waals surface area contributed by atoms with Gasteiger partial charge in [0.1, 0.15) is 10.3 Å². The van der Waals surface area contributed by atoms with E-state index in [9.17, 15) is 14.9 Å². The van der Waals surface area contributed by atoms with Crippen molar-refractivity contribution in [2.45, 2.75) is 19.9 Å². The quantitative estimate of drug-likeness (QED) is 0.518. The summed E-state index contributed by atoms with van der Waals surface area (Å²) in [6.45, 7) is 3.70. The van der Waals surface area contributed by atoms with Gasteiger partial charge in [-0.3, -0.25) is 14.9 Å². The lowest BCUT2D eigenvalue weighted by molar-refractivity contribution is -0.384. The number of nitro groups is 1. The van der Waals surface area contributed by atoms with E-state index in [0.29, 0.717) is 10.3 Å². The van der Waals surface area contributed by atoms with Crippen LogP contribution in [0.3, 0.4) is 0 Å². The summed E-state index contributed by atoms with van der Waals surface area (Å²) in [5.74, 6) is -0.425. The number of hydrogen-bond acceptors (Lipinski definition) is 4. The first-order valence-corrected chi connectivity index (χ1v) is 6.97. The Labute approximate surface area is 129 Å². The van der Waals surface area contributed by atoms with E-state index in [1.807, 2.05) is 13.8 Å². The molecule has 0 atom stereocenters. The summed E-state index contributed by atoms with van der Waals surface area (Å²) in [5, 5.41) is 13.5. The third-order valence-corrected chi connectivity index (χ3v) is 3.47. The van der Waals surface area contributed by atoms with Crippen molar-refractivity contribution < 1.29 is 9.72 Å². The second-order valence-electron chi connectivity index (χ2n) is 4.64. The van der Waals surface area contributed by atoms with Crippen LogP contribution < -0.4 is 5.32 Å². The standard InChI is InChI=1S/C13H13BrN4O3/c1-8(2)17-7-9(18(20)21)6-11(17)13(19)16-10-4-3-5-15-12(10)14/h3-8H,1-2H3,(H,16,19). The zero-order valence-corrected chi connectivity index (χ0v) is 13.0. The average Bonchev–Trinajstić information content (AvgIpc) is 2.87. The molecule has 2 aromatic heterocycles. The highest BCUT2D eigenvalue weighted by Crippen LogP contribution is 2.23.